The molecule has 0 spiro atoms. The molecule has 0 amide bonds. The number of hydrogen-bond acceptors (Lipinski definition) is 6. The summed E-state index contributed by atoms with van der Waals surface area (Å²) in [5.74, 6) is 2.37. The van der Waals surface area contributed by atoms with Gasteiger partial charge in [-0.05, 0) is 19.8 Å². The highest BCUT2D eigenvalue weighted by Gasteiger charge is 2.26. The molecule has 0 radical (unpaired) electrons. The van der Waals surface area contributed by atoms with E-state index in [1.54, 1.807) is 6.07 Å². The van der Waals surface area contributed by atoms with Crippen molar-refractivity contribution in [3.05, 3.63) is 11.9 Å². The van der Waals surface area contributed by atoms with Crippen LogP contribution < -0.4 is 11.1 Å². The number of nitrogens with two attached hydrogens (primary N) is 1. The molecule has 20 heavy (non-hydrogen) atoms. The van der Waals surface area contributed by atoms with Gasteiger partial charge in [0.05, 0.1) is 6.10 Å². The van der Waals surface area contributed by atoms with Gasteiger partial charge in [0, 0.05) is 31.7 Å². The normalized spacial score (nSPS) is 22.1. The smallest absolute Gasteiger partial charge is 0.158 e. The van der Waals surface area contributed by atoms with Gasteiger partial charge in [-0.2, -0.15) is 0 Å². The standard InChI is InChI=1S/C14H24N4O2/c1-3-11-10(5-6-20-11)8-16-13-7-12(15)17-14(18-13)9-19-4-2/h7,10-11H,3-6,8-9H2,1-2H3,(H3,15,16,17,18). The van der Waals surface area contributed by atoms with Gasteiger partial charge in [0.2, 0.25) is 0 Å². The number of ether oxygens (including phenoxy) is 2. The molecule has 6 heteroatoms. The lowest BCUT2D eigenvalue weighted by Crippen LogP contribution is -2.23. The maximum Gasteiger partial charge on any atom is 0.158 e. The van der Waals surface area contributed by atoms with Gasteiger partial charge >= 0.3 is 0 Å². The van der Waals surface area contributed by atoms with Crippen LogP contribution in [0.25, 0.3) is 0 Å². The van der Waals surface area contributed by atoms with Crippen LogP contribution in [0, 0.1) is 5.92 Å². The highest BCUT2D eigenvalue weighted by molar-refractivity contribution is 5.44. The van der Waals surface area contributed by atoms with E-state index in [0.717, 1.165) is 31.8 Å². The van der Waals surface area contributed by atoms with Crippen LogP contribution >= 0.6 is 0 Å². The van der Waals surface area contributed by atoms with E-state index in [-0.39, 0.29) is 0 Å². The summed E-state index contributed by atoms with van der Waals surface area (Å²) < 4.78 is 11.0. The summed E-state index contributed by atoms with van der Waals surface area (Å²) in [6.07, 6.45) is 2.50. The number of nitrogen functional groups attached to an aromatic ring is 1. The monoisotopic (exact) mass is 280 g/mol. The van der Waals surface area contributed by atoms with Gasteiger partial charge in [0.15, 0.2) is 5.82 Å². The number of rotatable bonds is 7. The minimum Gasteiger partial charge on any atom is -0.384 e. The van der Waals surface area contributed by atoms with Crippen molar-refractivity contribution in [1.82, 2.24) is 9.97 Å². The highest BCUT2D eigenvalue weighted by Crippen LogP contribution is 2.23. The van der Waals surface area contributed by atoms with Crippen LogP contribution in [-0.2, 0) is 16.1 Å². The molecule has 6 nitrogen and oxygen atoms in total. The van der Waals surface area contributed by atoms with E-state index < -0.39 is 0 Å². The lowest BCUT2D eigenvalue weighted by Gasteiger charge is -2.17. The van der Waals surface area contributed by atoms with E-state index >= 15 is 0 Å². The van der Waals surface area contributed by atoms with Gasteiger partial charge in [-0.25, -0.2) is 9.97 Å². The van der Waals surface area contributed by atoms with E-state index in [4.69, 9.17) is 15.2 Å². The van der Waals surface area contributed by atoms with Crippen LogP contribution in [0.4, 0.5) is 11.6 Å². The molecule has 1 aliphatic heterocycles. The van der Waals surface area contributed by atoms with E-state index in [9.17, 15) is 0 Å². The zero-order valence-electron chi connectivity index (χ0n) is 12.3. The second-order valence-electron chi connectivity index (χ2n) is 4.98. The van der Waals surface area contributed by atoms with Crippen molar-refractivity contribution in [3.63, 3.8) is 0 Å². The highest BCUT2D eigenvalue weighted by atomic mass is 16.5. The molecular weight excluding hydrogens is 256 g/mol. The fourth-order valence-electron chi connectivity index (χ4n) is 2.48. The van der Waals surface area contributed by atoms with E-state index in [0.29, 0.717) is 36.9 Å². The molecule has 2 heterocycles. The predicted molar refractivity (Wildman–Crippen MR) is 78.4 cm³/mol. The molecule has 1 aromatic heterocycles. The summed E-state index contributed by atoms with van der Waals surface area (Å²) in [6.45, 7) is 6.83. The van der Waals surface area contributed by atoms with Crippen molar-refractivity contribution >= 4 is 11.6 Å². The Morgan fingerprint density at radius 3 is 3.05 bits per heavy atom. The van der Waals surface area contributed by atoms with Gasteiger partial charge < -0.3 is 20.5 Å². The molecule has 112 valence electrons. The van der Waals surface area contributed by atoms with Crippen molar-refractivity contribution in [2.45, 2.75) is 39.4 Å². The van der Waals surface area contributed by atoms with Gasteiger partial charge in [0.1, 0.15) is 18.2 Å². The molecule has 0 aromatic carbocycles. The summed E-state index contributed by atoms with van der Waals surface area (Å²) >= 11 is 0. The number of aromatic nitrogens is 2. The SMILES string of the molecule is CCOCc1nc(N)cc(NCC2CCOC2CC)n1. The maximum absolute atomic E-state index is 5.80. The summed E-state index contributed by atoms with van der Waals surface area (Å²) in [6, 6.07) is 1.76. The average molecular weight is 280 g/mol. The van der Waals surface area contributed by atoms with Crippen molar-refractivity contribution in [2.75, 3.05) is 30.8 Å². The Kier molecular flexibility index (Phi) is 5.55. The maximum atomic E-state index is 5.80. The molecule has 2 atom stereocenters. The van der Waals surface area contributed by atoms with E-state index in [1.165, 1.54) is 0 Å². The Bertz CT molecular complexity index is 428. The minimum absolute atomic E-state index is 0.351. The van der Waals surface area contributed by atoms with Crippen LogP contribution in [0.3, 0.4) is 0 Å². The van der Waals surface area contributed by atoms with Gasteiger partial charge in [-0.3, -0.25) is 0 Å². The van der Waals surface area contributed by atoms with Gasteiger partial charge in [0.25, 0.3) is 0 Å². The topological polar surface area (TPSA) is 82.3 Å². The van der Waals surface area contributed by atoms with Crippen molar-refractivity contribution < 1.29 is 9.47 Å². The zero-order valence-corrected chi connectivity index (χ0v) is 12.3. The molecule has 0 aliphatic carbocycles. The summed E-state index contributed by atoms with van der Waals surface area (Å²) in [5.41, 5.74) is 5.80. The molecular formula is C14H24N4O2. The predicted octanol–water partition coefficient (Wildman–Crippen LogP) is 1.82. The van der Waals surface area contributed by atoms with Crippen LogP contribution in [0.5, 0.6) is 0 Å². The fraction of sp³-hybridized carbons (Fsp3) is 0.714. The second kappa shape index (κ2) is 7.40. The Morgan fingerprint density at radius 2 is 2.30 bits per heavy atom. The van der Waals surface area contributed by atoms with Crippen LogP contribution in [0.15, 0.2) is 6.07 Å². The quantitative estimate of drug-likeness (QED) is 0.793. The third-order valence-electron chi connectivity index (χ3n) is 3.52. The summed E-state index contributed by atoms with van der Waals surface area (Å²) in [4.78, 5) is 8.57. The molecule has 0 bridgehead atoms. The summed E-state index contributed by atoms with van der Waals surface area (Å²) in [7, 11) is 0. The third kappa shape index (κ3) is 4.05. The molecule has 1 aliphatic rings. The van der Waals surface area contributed by atoms with Crippen LogP contribution in [0.1, 0.15) is 32.5 Å². The average Bonchev–Trinajstić information content (AvgIpc) is 2.90. The van der Waals surface area contributed by atoms with E-state index in [2.05, 4.69) is 22.2 Å². The minimum atomic E-state index is 0.351. The molecule has 1 fully saturated rings. The van der Waals surface area contributed by atoms with Gasteiger partial charge in [-0.15, -0.1) is 0 Å². The second-order valence-corrected chi connectivity index (χ2v) is 4.98. The fourth-order valence-corrected chi connectivity index (χ4v) is 2.48. The number of nitrogens with zero attached hydrogens (tertiary/aromatic N) is 2. The number of anilines is 2. The lowest BCUT2D eigenvalue weighted by atomic mass is 10.00. The number of nitrogens with one attached hydrogen (secondary N) is 1. The molecule has 1 aromatic rings. The molecule has 0 saturated carbocycles. The van der Waals surface area contributed by atoms with E-state index in [1.807, 2.05) is 6.92 Å². The Hall–Kier alpha value is -1.40. The largest absolute Gasteiger partial charge is 0.384 e. The van der Waals surface area contributed by atoms with Crippen molar-refractivity contribution in [1.29, 1.82) is 0 Å². The summed E-state index contributed by atoms with van der Waals surface area (Å²) in [5, 5.41) is 3.34. The van der Waals surface area contributed by atoms with Crippen LogP contribution in [0.2, 0.25) is 0 Å². The first kappa shape index (κ1) is 15.0. The first-order valence-electron chi connectivity index (χ1n) is 7.29. The third-order valence-corrected chi connectivity index (χ3v) is 3.52. The Balaban J connectivity index is 1.93. The van der Waals surface area contributed by atoms with Crippen molar-refractivity contribution in [3.8, 4) is 0 Å². The first-order chi connectivity index (χ1) is 9.72. The first-order valence-corrected chi connectivity index (χ1v) is 7.29. The van der Waals surface area contributed by atoms with Crippen molar-refractivity contribution in [2.24, 2.45) is 5.92 Å². The zero-order chi connectivity index (χ0) is 14.4. The molecule has 1 saturated heterocycles. The Morgan fingerprint density at radius 1 is 1.45 bits per heavy atom. The van der Waals surface area contributed by atoms with Gasteiger partial charge in [-0.1, -0.05) is 6.92 Å². The lowest BCUT2D eigenvalue weighted by molar-refractivity contribution is 0.0900. The Labute approximate surface area is 120 Å². The van der Waals surface area contributed by atoms with Crippen LogP contribution in [-0.4, -0.2) is 35.8 Å². The molecule has 2 rings (SSSR count). The number of hydrogen-bond donors (Lipinski definition) is 2. The molecule has 3 N–H and O–H groups in total. The molecule has 2 unspecified atom stereocenters.